The van der Waals surface area contributed by atoms with E-state index in [0.29, 0.717) is 6.10 Å². The van der Waals surface area contributed by atoms with Crippen LogP contribution in [0.3, 0.4) is 0 Å². The van der Waals surface area contributed by atoms with Crippen LogP contribution >= 0.6 is 11.3 Å². The van der Waals surface area contributed by atoms with Crippen molar-refractivity contribution in [2.75, 3.05) is 44.8 Å². The van der Waals surface area contributed by atoms with E-state index in [4.69, 9.17) is 19.4 Å². The van der Waals surface area contributed by atoms with Crippen LogP contribution in [0.25, 0.3) is 10.2 Å². The Balaban J connectivity index is 1.46. The first-order chi connectivity index (χ1) is 13.8. The highest BCUT2D eigenvalue weighted by atomic mass is 32.1. The summed E-state index contributed by atoms with van der Waals surface area (Å²) in [6.45, 7) is 8.40. The summed E-state index contributed by atoms with van der Waals surface area (Å²) >= 11 is 1.89. The minimum atomic E-state index is 0.308. The molecule has 6 nitrogen and oxygen atoms in total. The van der Waals surface area contributed by atoms with Gasteiger partial charge in [0.2, 0.25) is 0 Å². The average Bonchev–Trinajstić information content (AvgIpc) is 3.34. The SMILES string of the molecule is C[C@H]1CCc2c(sc3nc(CN4CCOCC4)nc(NC[C@H]4CCCO4)c23)C1. The number of aryl methyl sites for hydroxylation is 1. The standard InChI is InChI=1S/C21H30N4O2S/c1-14-4-5-16-17(11-14)28-21-19(16)20(22-12-15-3-2-8-27-15)23-18(24-21)13-25-6-9-26-10-7-25/h14-15H,2-13H2,1H3,(H,22,23,24)/t14-,15+/m0/s1. The lowest BCUT2D eigenvalue weighted by Gasteiger charge is -2.26. The predicted molar refractivity (Wildman–Crippen MR) is 112 cm³/mol. The van der Waals surface area contributed by atoms with Gasteiger partial charge in [-0.15, -0.1) is 11.3 Å². The first-order valence-electron chi connectivity index (χ1n) is 10.7. The van der Waals surface area contributed by atoms with Gasteiger partial charge in [0, 0.05) is 31.1 Å². The molecule has 5 rings (SSSR count). The zero-order valence-electron chi connectivity index (χ0n) is 16.7. The van der Waals surface area contributed by atoms with Crippen LogP contribution < -0.4 is 5.32 Å². The van der Waals surface area contributed by atoms with E-state index in [1.54, 1.807) is 0 Å². The van der Waals surface area contributed by atoms with Crippen LogP contribution in [-0.4, -0.2) is 60.4 Å². The maximum absolute atomic E-state index is 5.82. The summed E-state index contributed by atoms with van der Waals surface area (Å²) in [5.41, 5.74) is 1.49. The Kier molecular flexibility index (Phi) is 5.50. The molecule has 0 radical (unpaired) electrons. The second-order valence-corrected chi connectivity index (χ2v) is 9.51. The van der Waals surface area contributed by atoms with Crippen LogP contribution in [0.15, 0.2) is 0 Å². The Bertz CT molecular complexity index is 827. The minimum absolute atomic E-state index is 0.308. The van der Waals surface area contributed by atoms with E-state index in [-0.39, 0.29) is 0 Å². The fourth-order valence-corrected chi connectivity index (χ4v) is 5.96. The van der Waals surface area contributed by atoms with Crippen LogP contribution in [0, 0.1) is 5.92 Å². The number of nitrogens with one attached hydrogen (secondary N) is 1. The number of fused-ring (bicyclic) bond motifs is 3. The summed E-state index contributed by atoms with van der Waals surface area (Å²) < 4.78 is 11.3. The van der Waals surface area contributed by atoms with Gasteiger partial charge in [-0.25, -0.2) is 9.97 Å². The molecule has 7 heteroatoms. The highest BCUT2D eigenvalue weighted by Gasteiger charge is 2.25. The van der Waals surface area contributed by atoms with Gasteiger partial charge in [0.15, 0.2) is 0 Å². The van der Waals surface area contributed by atoms with E-state index in [9.17, 15) is 0 Å². The van der Waals surface area contributed by atoms with Gasteiger partial charge in [-0.1, -0.05) is 6.92 Å². The minimum Gasteiger partial charge on any atom is -0.379 e. The molecule has 0 aromatic carbocycles. The molecule has 3 aliphatic rings. The predicted octanol–water partition coefficient (Wildman–Crippen LogP) is 3.24. The summed E-state index contributed by atoms with van der Waals surface area (Å²) in [7, 11) is 0. The quantitative estimate of drug-likeness (QED) is 0.829. The van der Waals surface area contributed by atoms with Crippen molar-refractivity contribution in [2.45, 2.75) is 51.7 Å². The normalized spacial score (nSPS) is 25.9. The number of anilines is 1. The summed E-state index contributed by atoms with van der Waals surface area (Å²) in [6.07, 6.45) is 6.21. The summed E-state index contributed by atoms with van der Waals surface area (Å²) in [6, 6.07) is 0. The van der Waals surface area contributed by atoms with Crippen molar-refractivity contribution < 1.29 is 9.47 Å². The lowest BCUT2D eigenvalue weighted by molar-refractivity contribution is 0.0331. The van der Waals surface area contributed by atoms with Gasteiger partial charge in [0.05, 0.1) is 31.2 Å². The fraction of sp³-hybridized carbons (Fsp3) is 0.714. The average molecular weight is 403 g/mol. The van der Waals surface area contributed by atoms with Gasteiger partial charge in [0.1, 0.15) is 16.5 Å². The number of aromatic nitrogens is 2. The maximum atomic E-state index is 5.82. The highest BCUT2D eigenvalue weighted by Crippen LogP contribution is 2.40. The molecule has 152 valence electrons. The van der Waals surface area contributed by atoms with Crippen LogP contribution in [0.4, 0.5) is 5.82 Å². The van der Waals surface area contributed by atoms with Crippen LogP contribution in [-0.2, 0) is 28.9 Å². The molecular formula is C21H30N4O2S. The van der Waals surface area contributed by atoms with Crippen molar-refractivity contribution >= 4 is 27.4 Å². The first-order valence-corrected chi connectivity index (χ1v) is 11.5. The molecule has 0 unspecified atom stereocenters. The van der Waals surface area contributed by atoms with E-state index in [1.807, 2.05) is 11.3 Å². The first kappa shape index (κ1) is 18.7. The third kappa shape index (κ3) is 3.90. The van der Waals surface area contributed by atoms with Crippen LogP contribution in [0.5, 0.6) is 0 Å². The summed E-state index contributed by atoms with van der Waals surface area (Å²) in [5, 5.41) is 4.92. The van der Waals surface area contributed by atoms with E-state index >= 15 is 0 Å². The Morgan fingerprint density at radius 1 is 1.18 bits per heavy atom. The number of hydrogen-bond donors (Lipinski definition) is 1. The molecular weight excluding hydrogens is 372 g/mol. The fourth-order valence-electron chi connectivity index (χ4n) is 4.56. The van der Waals surface area contributed by atoms with E-state index in [2.05, 4.69) is 17.1 Å². The van der Waals surface area contributed by atoms with Crippen molar-refractivity contribution in [3.63, 3.8) is 0 Å². The molecule has 4 heterocycles. The second kappa shape index (κ2) is 8.22. The molecule has 0 bridgehead atoms. The largest absolute Gasteiger partial charge is 0.379 e. The molecule has 28 heavy (non-hydrogen) atoms. The number of morpholine rings is 1. The Morgan fingerprint density at radius 3 is 2.89 bits per heavy atom. The molecule has 2 atom stereocenters. The zero-order chi connectivity index (χ0) is 18.9. The Labute approximate surface area is 170 Å². The molecule has 2 aromatic heterocycles. The van der Waals surface area contributed by atoms with Crippen molar-refractivity contribution in [1.29, 1.82) is 0 Å². The van der Waals surface area contributed by atoms with Crippen molar-refractivity contribution in [1.82, 2.24) is 14.9 Å². The molecule has 1 N–H and O–H groups in total. The monoisotopic (exact) mass is 402 g/mol. The molecule has 2 saturated heterocycles. The Hall–Kier alpha value is -1.28. The summed E-state index contributed by atoms with van der Waals surface area (Å²) in [5.74, 6) is 2.72. The lowest BCUT2D eigenvalue weighted by Crippen LogP contribution is -2.36. The third-order valence-electron chi connectivity index (χ3n) is 6.19. The molecule has 2 aliphatic heterocycles. The maximum Gasteiger partial charge on any atom is 0.146 e. The highest BCUT2D eigenvalue weighted by molar-refractivity contribution is 7.19. The molecule has 1 aliphatic carbocycles. The number of ether oxygens (including phenoxy) is 2. The van der Waals surface area contributed by atoms with Crippen LogP contribution in [0.2, 0.25) is 0 Å². The topological polar surface area (TPSA) is 59.5 Å². The molecule has 2 aromatic rings. The van der Waals surface area contributed by atoms with E-state index < -0.39 is 0 Å². The third-order valence-corrected chi connectivity index (χ3v) is 7.34. The van der Waals surface area contributed by atoms with Crippen molar-refractivity contribution in [3.8, 4) is 0 Å². The number of thiophene rings is 1. The van der Waals surface area contributed by atoms with Gasteiger partial charge < -0.3 is 14.8 Å². The van der Waals surface area contributed by atoms with E-state index in [0.717, 1.165) is 81.2 Å². The van der Waals surface area contributed by atoms with Gasteiger partial charge in [-0.2, -0.15) is 0 Å². The Morgan fingerprint density at radius 2 is 2.07 bits per heavy atom. The number of hydrogen-bond acceptors (Lipinski definition) is 7. The summed E-state index contributed by atoms with van der Waals surface area (Å²) in [4.78, 5) is 15.1. The number of nitrogens with zero attached hydrogens (tertiary/aromatic N) is 3. The molecule has 0 spiro atoms. The molecule has 2 fully saturated rings. The second-order valence-electron chi connectivity index (χ2n) is 8.42. The van der Waals surface area contributed by atoms with Gasteiger partial charge in [-0.3, -0.25) is 4.90 Å². The van der Waals surface area contributed by atoms with Crippen LogP contribution in [0.1, 0.15) is 42.5 Å². The smallest absolute Gasteiger partial charge is 0.146 e. The van der Waals surface area contributed by atoms with Gasteiger partial charge in [-0.05, 0) is 43.6 Å². The van der Waals surface area contributed by atoms with Crippen molar-refractivity contribution in [3.05, 3.63) is 16.3 Å². The van der Waals surface area contributed by atoms with E-state index in [1.165, 1.54) is 35.1 Å². The zero-order valence-corrected chi connectivity index (χ0v) is 17.5. The molecule has 0 amide bonds. The van der Waals surface area contributed by atoms with Crippen molar-refractivity contribution in [2.24, 2.45) is 5.92 Å². The number of rotatable bonds is 5. The molecule has 0 saturated carbocycles. The van der Waals surface area contributed by atoms with Gasteiger partial charge >= 0.3 is 0 Å². The lowest BCUT2D eigenvalue weighted by atomic mass is 9.89. The van der Waals surface area contributed by atoms with Gasteiger partial charge in [0.25, 0.3) is 0 Å².